The van der Waals surface area contributed by atoms with E-state index in [1.165, 1.54) is 0 Å². The Bertz CT molecular complexity index is 723. The summed E-state index contributed by atoms with van der Waals surface area (Å²) in [6, 6.07) is 4.24. The van der Waals surface area contributed by atoms with E-state index < -0.39 is 0 Å². The molecular weight excluding hydrogens is 304 g/mol. The van der Waals surface area contributed by atoms with Crippen LogP contribution in [0.2, 0.25) is 0 Å². The molecule has 0 unspecified atom stereocenters. The molecule has 2 aromatic rings. The highest BCUT2D eigenvalue weighted by Crippen LogP contribution is 2.27. The fourth-order valence-electron chi connectivity index (χ4n) is 3.97. The zero-order valence-corrected chi connectivity index (χ0v) is 14.1. The molecule has 2 atom stereocenters. The van der Waals surface area contributed by atoms with E-state index in [1.54, 1.807) is 6.20 Å². The summed E-state index contributed by atoms with van der Waals surface area (Å²) < 4.78 is 7.38. The summed E-state index contributed by atoms with van der Waals surface area (Å²) in [5, 5.41) is 0. The smallest absolute Gasteiger partial charge is 0.255 e. The van der Waals surface area contributed by atoms with E-state index in [9.17, 15) is 4.79 Å². The Morgan fingerprint density at radius 3 is 2.92 bits per heavy atom. The molecule has 6 nitrogen and oxygen atoms in total. The summed E-state index contributed by atoms with van der Waals surface area (Å²) in [5.41, 5.74) is 1.60. The second kappa shape index (κ2) is 6.53. The standard InChI is InChI=1S/C18H24N4O2/c1-2-14-11-22(13-16(14)20-7-9-24-10-8-20)18(23)15-3-4-17-19-5-6-21(17)12-15/h3-6,12,14,16H,2,7-11,13H2,1H3/t14-,16-/m1/s1. The number of nitrogens with zero attached hydrogens (tertiary/aromatic N) is 4. The second-order valence-electron chi connectivity index (χ2n) is 6.70. The van der Waals surface area contributed by atoms with Gasteiger partial charge in [0.1, 0.15) is 5.65 Å². The van der Waals surface area contributed by atoms with Crippen LogP contribution in [0.3, 0.4) is 0 Å². The Hall–Kier alpha value is -1.92. The monoisotopic (exact) mass is 328 g/mol. The summed E-state index contributed by atoms with van der Waals surface area (Å²) >= 11 is 0. The molecule has 2 fully saturated rings. The normalized spacial score (nSPS) is 25.5. The van der Waals surface area contributed by atoms with E-state index >= 15 is 0 Å². The Balaban J connectivity index is 1.51. The molecule has 2 aliphatic rings. The third kappa shape index (κ3) is 2.80. The zero-order chi connectivity index (χ0) is 16.5. The lowest BCUT2D eigenvalue weighted by Gasteiger charge is -2.34. The van der Waals surface area contributed by atoms with E-state index in [0.29, 0.717) is 12.0 Å². The predicted octanol–water partition coefficient (Wildman–Crippen LogP) is 1.52. The first kappa shape index (κ1) is 15.6. The second-order valence-corrected chi connectivity index (χ2v) is 6.70. The number of imidazole rings is 1. The molecule has 6 heteroatoms. The molecule has 0 N–H and O–H groups in total. The van der Waals surface area contributed by atoms with E-state index in [-0.39, 0.29) is 5.91 Å². The molecule has 0 bridgehead atoms. The highest BCUT2D eigenvalue weighted by molar-refractivity contribution is 5.94. The molecule has 0 aliphatic carbocycles. The van der Waals surface area contributed by atoms with Gasteiger partial charge in [-0.15, -0.1) is 0 Å². The molecule has 0 saturated carbocycles. The fourth-order valence-corrected chi connectivity index (χ4v) is 3.97. The molecule has 1 amide bonds. The van der Waals surface area contributed by atoms with Crippen molar-refractivity contribution in [2.75, 3.05) is 39.4 Å². The minimum absolute atomic E-state index is 0.125. The Morgan fingerprint density at radius 2 is 2.12 bits per heavy atom. The fraction of sp³-hybridized carbons (Fsp3) is 0.556. The van der Waals surface area contributed by atoms with Gasteiger partial charge in [-0.2, -0.15) is 0 Å². The van der Waals surface area contributed by atoms with Gasteiger partial charge in [-0.1, -0.05) is 13.3 Å². The number of hydrogen-bond acceptors (Lipinski definition) is 4. The van der Waals surface area contributed by atoms with Crippen molar-refractivity contribution in [2.24, 2.45) is 5.92 Å². The molecule has 128 valence electrons. The van der Waals surface area contributed by atoms with Gasteiger partial charge in [-0.25, -0.2) is 4.98 Å². The van der Waals surface area contributed by atoms with Crippen LogP contribution in [0.4, 0.5) is 0 Å². The quantitative estimate of drug-likeness (QED) is 0.857. The van der Waals surface area contributed by atoms with Crippen LogP contribution >= 0.6 is 0 Å². The van der Waals surface area contributed by atoms with Crippen molar-refractivity contribution in [3.8, 4) is 0 Å². The summed E-state index contributed by atoms with van der Waals surface area (Å²) in [6.45, 7) is 7.45. The first-order chi connectivity index (χ1) is 11.8. The van der Waals surface area contributed by atoms with Gasteiger partial charge in [0.25, 0.3) is 5.91 Å². The van der Waals surface area contributed by atoms with E-state index in [2.05, 4.69) is 16.8 Å². The highest BCUT2D eigenvalue weighted by atomic mass is 16.5. The summed E-state index contributed by atoms with van der Waals surface area (Å²) in [4.78, 5) is 21.7. The van der Waals surface area contributed by atoms with Crippen molar-refractivity contribution in [1.29, 1.82) is 0 Å². The number of ether oxygens (including phenoxy) is 1. The minimum Gasteiger partial charge on any atom is -0.379 e. The first-order valence-corrected chi connectivity index (χ1v) is 8.80. The third-order valence-electron chi connectivity index (χ3n) is 5.37. The SMILES string of the molecule is CC[C@@H]1CN(C(=O)c2ccc3nccn3c2)C[C@H]1N1CCOCC1. The lowest BCUT2D eigenvalue weighted by Crippen LogP contribution is -2.47. The van der Waals surface area contributed by atoms with Gasteiger partial charge in [-0.3, -0.25) is 9.69 Å². The maximum atomic E-state index is 13.0. The van der Waals surface area contributed by atoms with Gasteiger partial charge in [0.05, 0.1) is 18.8 Å². The number of rotatable bonds is 3. The van der Waals surface area contributed by atoms with Crippen molar-refractivity contribution in [3.05, 3.63) is 36.3 Å². The molecule has 0 aromatic carbocycles. The van der Waals surface area contributed by atoms with Gasteiger partial charge in [0, 0.05) is 50.8 Å². The summed E-state index contributed by atoms with van der Waals surface area (Å²) in [6.07, 6.45) is 6.61. The Labute approximate surface area is 142 Å². The topological polar surface area (TPSA) is 50.1 Å². The summed E-state index contributed by atoms with van der Waals surface area (Å²) in [7, 11) is 0. The van der Waals surface area contributed by atoms with E-state index in [1.807, 2.05) is 33.8 Å². The predicted molar refractivity (Wildman–Crippen MR) is 91.1 cm³/mol. The third-order valence-corrected chi connectivity index (χ3v) is 5.37. The van der Waals surface area contributed by atoms with Crippen LogP contribution in [-0.2, 0) is 4.74 Å². The molecule has 2 saturated heterocycles. The Morgan fingerprint density at radius 1 is 1.29 bits per heavy atom. The molecule has 2 aliphatic heterocycles. The van der Waals surface area contributed by atoms with Crippen molar-refractivity contribution in [1.82, 2.24) is 19.2 Å². The van der Waals surface area contributed by atoms with Crippen molar-refractivity contribution >= 4 is 11.6 Å². The highest BCUT2D eigenvalue weighted by Gasteiger charge is 2.38. The van der Waals surface area contributed by atoms with Gasteiger partial charge < -0.3 is 14.0 Å². The molecule has 2 aromatic heterocycles. The van der Waals surface area contributed by atoms with E-state index in [4.69, 9.17) is 4.74 Å². The average Bonchev–Trinajstić information content (AvgIpc) is 3.27. The maximum absolute atomic E-state index is 13.0. The van der Waals surface area contributed by atoms with Crippen LogP contribution in [0.5, 0.6) is 0 Å². The largest absolute Gasteiger partial charge is 0.379 e. The van der Waals surface area contributed by atoms with Gasteiger partial charge in [0.2, 0.25) is 0 Å². The van der Waals surface area contributed by atoms with Crippen LogP contribution < -0.4 is 0 Å². The molecule has 4 rings (SSSR count). The number of aromatic nitrogens is 2. The van der Waals surface area contributed by atoms with Crippen LogP contribution in [0.15, 0.2) is 30.7 Å². The van der Waals surface area contributed by atoms with Crippen LogP contribution in [0.25, 0.3) is 5.65 Å². The van der Waals surface area contributed by atoms with E-state index in [0.717, 1.165) is 57.0 Å². The molecule has 24 heavy (non-hydrogen) atoms. The Kier molecular flexibility index (Phi) is 4.24. The number of likely N-dealkylation sites (tertiary alicyclic amines) is 1. The van der Waals surface area contributed by atoms with Crippen molar-refractivity contribution in [3.63, 3.8) is 0 Å². The van der Waals surface area contributed by atoms with Gasteiger partial charge in [0.15, 0.2) is 0 Å². The van der Waals surface area contributed by atoms with Crippen LogP contribution in [0, 0.1) is 5.92 Å². The maximum Gasteiger partial charge on any atom is 0.255 e. The molecule has 4 heterocycles. The lowest BCUT2D eigenvalue weighted by atomic mass is 9.99. The number of carbonyl (C=O) groups excluding carboxylic acids is 1. The summed E-state index contributed by atoms with van der Waals surface area (Å²) in [5.74, 6) is 0.670. The number of morpholine rings is 1. The molecular formula is C18H24N4O2. The van der Waals surface area contributed by atoms with Crippen molar-refractivity contribution in [2.45, 2.75) is 19.4 Å². The first-order valence-electron chi connectivity index (χ1n) is 8.80. The van der Waals surface area contributed by atoms with Crippen LogP contribution in [0.1, 0.15) is 23.7 Å². The van der Waals surface area contributed by atoms with Gasteiger partial charge in [-0.05, 0) is 18.1 Å². The number of hydrogen-bond donors (Lipinski definition) is 0. The number of pyridine rings is 1. The van der Waals surface area contributed by atoms with Crippen LogP contribution in [-0.4, -0.2) is 70.5 Å². The molecule has 0 radical (unpaired) electrons. The average molecular weight is 328 g/mol. The number of fused-ring (bicyclic) bond motifs is 1. The zero-order valence-electron chi connectivity index (χ0n) is 14.1. The number of carbonyl (C=O) groups is 1. The minimum atomic E-state index is 0.125. The lowest BCUT2D eigenvalue weighted by molar-refractivity contribution is 0.0103. The number of amides is 1. The molecule has 0 spiro atoms. The van der Waals surface area contributed by atoms with Gasteiger partial charge >= 0.3 is 0 Å². The van der Waals surface area contributed by atoms with Crippen molar-refractivity contribution < 1.29 is 9.53 Å².